The van der Waals surface area contributed by atoms with Crippen molar-refractivity contribution in [1.82, 2.24) is 15.5 Å². The average molecular weight is 503 g/mol. The van der Waals surface area contributed by atoms with Crippen molar-refractivity contribution < 1.29 is 4.74 Å². The summed E-state index contributed by atoms with van der Waals surface area (Å²) in [6, 6.07) is 9.05. The van der Waals surface area contributed by atoms with E-state index in [1.165, 1.54) is 11.3 Å². The Hall–Kier alpha value is -1.06. The molecular weight excluding hydrogens is 465 g/mol. The maximum Gasteiger partial charge on any atom is 0.191 e. The van der Waals surface area contributed by atoms with Crippen LogP contribution in [0.5, 0.6) is 0 Å². The van der Waals surface area contributed by atoms with E-state index in [4.69, 9.17) is 9.73 Å². The van der Waals surface area contributed by atoms with Crippen LogP contribution in [0.3, 0.4) is 0 Å². The van der Waals surface area contributed by atoms with Gasteiger partial charge in [0, 0.05) is 52.0 Å². The number of nitrogens with one attached hydrogen (secondary N) is 2. The minimum Gasteiger partial charge on any atom is -0.379 e. The third-order valence-electron chi connectivity index (χ3n) is 4.98. The summed E-state index contributed by atoms with van der Waals surface area (Å²) in [5, 5.41) is 6.91. The first-order valence-electron chi connectivity index (χ1n) is 10.1. The number of anilines is 1. The van der Waals surface area contributed by atoms with Crippen molar-refractivity contribution in [2.75, 3.05) is 58.4 Å². The highest BCUT2D eigenvalue weighted by molar-refractivity contribution is 14.0. The summed E-state index contributed by atoms with van der Waals surface area (Å²) in [6.45, 7) is 12.8. The molecule has 7 heteroatoms. The largest absolute Gasteiger partial charge is 0.379 e. The molecule has 2 rings (SSSR count). The molecule has 0 aliphatic carbocycles. The van der Waals surface area contributed by atoms with Crippen LogP contribution < -0.4 is 15.5 Å². The SMILES string of the molecule is CCNC(=NCc1ccc(N(C)C)cc1)NCC(C(C)C)N1CCOCC1.I. The van der Waals surface area contributed by atoms with Gasteiger partial charge in [-0.3, -0.25) is 4.90 Å². The molecule has 1 heterocycles. The second kappa shape index (κ2) is 13.2. The van der Waals surface area contributed by atoms with E-state index in [2.05, 4.69) is 79.6 Å². The number of hydrogen-bond donors (Lipinski definition) is 2. The van der Waals surface area contributed by atoms with Gasteiger partial charge < -0.3 is 20.3 Å². The van der Waals surface area contributed by atoms with Gasteiger partial charge in [0.2, 0.25) is 0 Å². The van der Waals surface area contributed by atoms with E-state index >= 15 is 0 Å². The minimum absolute atomic E-state index is 0. The Morgan fingerprint density at radius 3 is 2.32 bits per heavy atom. The van der Waals surface area contributed by atoms with Crippen LogP contribution in [0.1, 0.15) is 26.3 Å². The molecule has 1 aromatic carbocycles. The van der Waals surface area contributed by atoms with Crippen LogP contribution in [-0.2, 0) is 11.3 Å². The summed E-state index contributed by atoms with van der Waals surface area (Å²) >= 11 is 0. The van der Waals surface area contributed by atoms with Crippen molar-refractivity contribution in [3.8, 4) is 0 Å². The topological polar surface area (TPSA) is 52.1 Å². The lowest BCUT2D eigenvalue weighted by Gasteiger charge is -2.37. The van der Waals surface area contributed by atoms with Gasteiger partial charge in [-0.25, -0.2) is 4.99 Å². The molecule has 0 saturated carbocycles. The number of guanidine groups is 1. The number of ether oxygens (including phenoxy) is 1. The van der Waals surface area contributed by atoms with Gasteiger partial charge in [-0.15, -0.1) is 24.0 Å². The lowest BCUT2D eigenvalue weighted by atomic mass is 10.0. The van der Waals surface area contributed by atoms with Crippen molar-refractivity contribution in [1.29, 1.82) is 0 Å². The zero-order valence-corrected chi connectivity index (χ0v) is 20.4. The Morgan fingerprint density at radius 2 is 1.79 bits per heavy atom. The number of halogens is 1. The standard InChI is InChI=1S/C21H37N5O.HI/c1-6-22-21(23-15-18-7-9-19(10-8-18)25(4)5)24-16-20(17(2)3)26-11-13-27-14-12-26;/h7-10,17,20H,6,11-16H2,1-5H3,(H2,22,23,24);1H. The van der Waals surface area contributed by atoms with Gasteiger partial charge in [0.1, 0.15) is 0 Å². The monoisotopic (exact) mass is 503 g/mol. The molecule has 1 unspecified atom stereocenters. The number of benzene rings is 1. The fourth-order valence-corrected chi connectivity index (χ4v) is 3.31. The average Bonchev–Trinajstić information content (AvgIpc) is 2.67. The quantitative estimate of drug-likeness (QED) is 0.325. The number of nitrogens with zero attached hydrogens (tertiary/aromatic N) is 3. The first kappa shape index (κ1) is 25.0. The maximum absolute atomic E-state index is 5.50. The first-order chi connectivity index (χ1) is 13.0. The van der Waals surface area contributed by atoms with E-state index in [-0.39, 0.29) is 24.0 Å². The van der Waals surface area contributed by atoms with E-state index in [0.717, 1.165) is 45.4 Å². The highest BCUT2D eigenvalue weighted by Gasteiger charge is 2.23. The number of rotatable bonds is 8. The molecule has 1 fully saturated rings. The molecule has 1 aromatic rings. The molecule has 0 radical (unpaired) electrons. The summed E-state index contributed by atoms with van der Waals surface area (Å²) in [5.41, 5.74) is 2.42. The lowest BCUT2D eigenvalue weighted by Crippen LogP contribution is -2.52. The van der Waals surface area contributed by atoms with Gasteiger partial charge in [0.15, 0.2) is 5.96 Å². The second-order valence-electron chi connectivity index (χ2n) is 7.60. The number of morpholine rings is 1. The van der Waals surface area contributed by atoms with E-state index in [9.17, 15) is 0 Å². The normalized spacial score (nSPS) is 16.4. The molecule has 0 spiro atoms. The minimum atomic E-state index is 0. The van der Waals surface area contributed by atoms with Crippen LogP contribution in [0.15, 0.2) is 29.3 Å². The molecule has 0 bridgehead atoms. The van der Waals surface area contributed by atoms with E-state index in [0.29, 0.717) is 18.5 Å². The Bertz CT molecular complexity index is 571. The fourth-order valence-electron chi connectivity index (χ4n) is 3.31. The third kappa shape index (κ3) is 8.13. The predicted octanol–water partition coefficient (Wildman–Crippen LogP) is 2.78. The number of hydrogen-bond acceptors (Lipinski definition) is 4. The Labute approximate surface area is 188 Å². The van der Waals surface area contributed by atoms with Gasteiger partial charge in [0.05, 0.1) is 19.8 Å². The second-order valence-corrected chi connectivity index (χ2v) is 7.60. The zero-order chi connectivity index (χ0) is 19.6. The van der Waals surface area contributed by atoms with Gasteiger partial charge >= 0.3 is 0 Å². The zero-order valence-electron chi connectivity index (χ0n) is 18.1. The molecular formula is C21H38IN5O. The van der Waals surface area contributed by atoms with Crippen LogP contribution >= 0.6 is 24.0 Å². The Morgan fingerprint density at radius 1 is 1.14 bits per heavy atom. The smallest absolute Gasteiger partial charge is 0.191 e. The van der Waals surface area contributed by atoms with Crippen molar-refractivity contribution in [2.45, 2.75) is 33.4 Å². The van der Waals surface area contributed by atoms with Gasteiger partial charge in [0.25, 0.3) is 0 Å². The molecule has 0 amide bonds. The summed E-state index contributed by atoms with van der Waals surface area (Å²) in [7, 11) is 4.11. The van der Waals surface area contributed by atoms with Crippen molar-refractivity contribution in [3.63, 3.8) is 0 Å². The highest BCUT2D eigenvalue weighted by atomic mass is 127. The van der Waals surface area contributed by atoms with Gasteiger partial charge in [-0.2, -0.15) is 0 Å². The van der Waals surface area contributed by atoms with Crippen molar-refractivity contribution in [3.05, 3.63) is 29.8 Å². The molecule has 160 valence electrons. The van der Waals surface area contributed by atoms with Crippen LogP contribution in [-0.4, -0.2) is 70.4 Å². The molecule has 6 nitrogen and oxygen atoms in total. The Kier molecular flexibility index (Phi) is 11.8. The maximum atomic E-state index is 5.50. The highest BCUT2D eigenvalue weighted by Crippen LogP contribution is 2.13. The summed E-state index contributed by atoms with van der Waals surface area (Å²) in [4.78, 5) is 9.41. The summed E-state index contributed by atoms with van der Waals surface area (Å²) in [6.07, 6.45) is 0. The van der Waals surface area contributed by atoms with E-state index < -0.39 is 0 Å². The predicted molar refractivity (Wildman–Crippen MR) is 130 cm³/mol. The van der Waals surface area contributed by atoms with Crippen LogP contribution in [0.4, 0.5) is 5.69 Å². The molecule has 1 saturated heterocycles. The molecule has 1 atom stereocenters. The van der Waals surface area contributed by atoms with Crippen molar-refractivity contribution >= 4 is 35.6 Å². The lowest BCUT2D eigenvalue weighted by molar-refractivity contribution is 0.00752. The molecule has 1 aliphatic rings. The molecule has 2 N–H and O–H groups in total. The number of aliphatic imine (C=N–C) groups is 1. The van der Waals surface area contributed by atoms with Crippen LogP contribution in [0, 0.1) is 5.92 Å². The van der Waals surface area contributed by atoms with Gasteiger partial charge in [-0.05, 0) is 30.5 Å². The van der Waals surface area contributed by atoms with E-state index in [1.54, 1.807) is 0 Å². The van der Waals surface area contributed by atoms with Gasteiger partial charge in [-0.1, -0.05) is 26.0 Å². The summed E-state index contributed by atoms with van der Waals surface area (Å²) < 4.78 is 5.50. The summed E-state index contributed by atoms with van der Waals surface area (Å²) in [5.74, 6) is 1.46. The van der Waals surface area contributed by atoms with Crippen LogP contribution in [0.25, 0.3) is 0 Å². The Balaban J connectivity index is 0.00000392. The molecule has 28 heavy (non-hydrogen) atoms. The van der Waals surface area contributed by atoms with Crippen LogP contribution in [0.2, 0.25) is 0 Å². The van der Waals surface area contributed by atoms with Crippen molar-refractivity contribution in [2.24, 2.45) is 10.9 Å². The van der Waals surface area contributed by atoms with E-state index in [1.807, 2.05) is 0 Å². The fraction of sp³-hybridized carbons (Fsp3) is 0.667. The molecule has 0 aromatic heterocycles. The third-order valence-corrected chi connectivity index (χ3v) is 4.98. The molecule has 1 aliphatic heterocycles. The first-order valence-corrected chi connectivity index (χ1v) is 10.1.